The van der Waals surface area contributed by atoms with Gasteiger partial charge in [0, 0.05) is 11.6 Å². The molecule has 0 saturated carbocycles. The first kappa shape index (κ1) is 10.8. The molecule has 2 aromatic heterocycles. The zero-order valence-corrected chi connectivity index (χ0v) is 10.1. The van der Waals surface area contributed by atoms with E-state index < -0.39 is 0 Å². The highest BCUT2D eigenvalue weighted by Crippen LogP contribution is 2.22. The van der Waals surface area contributed by atoms with E-state index >= 15 is 0 Å². The summed E-state index contributed by atoms with van der Waals surface area (Å²) in [4.78, 5) is 13.0. The number of fused-ring (bicyclic) bond motifs is 1. The number of carbonyl (C=O) groups excluding carboxylic acids is 1. The molecule has 4 heteroatoms. The van der Waals surface area contributed by atoms with Gasteiger partial charge in [0.05, 0.1) is 16.0 Å². The molecule has 0 amide bonds. The van der Waals surface area contributed by atoms with Crippen LogP contribution in [0.1, 0.15) is 15.2 Å². The fourth-order valence-corrected chi connectivity index (χ4v) is 2.62. The van der Waals surface area contributed by atoms with E-state index in [1.54, 1.807) is 16.8 Å². The Morgan fingerprint density at radius 1 is 1.22 bits per heavy atom. The zero-order valence-electron chi connectivity index (χ0n) is 9.33. The van der Waals surface area contributed by atoms with Crippen molar-refractivity contribution in [1.29, 1.82) is 5.26 Å². The zero-order chi connectivity index (χ0) is 12.5. The van der Waals surface area contributed by atoms with Crippen molar-refractivity contribution >= 4 is 28.1 Å². The molecule has 0 unspecified atom stereocenters. The third-order valence-electron chi connectivity index (χ3n) is 2.78. The van der Waals surface area contributed by atoms with Crippen LogP contribution in [0.5, 0.6) is 0 Å². The molecule has 3 rings (SSSR count). The summed E-state index contributed by atoms with van der Waals surface area (Å²) >= 11 is 1.40. The number of para-hydroxylation sites is 1. The van der Waals surface area contributed by atoms with Crippen molar-refractivity contribution < 1.29 is 4.79 Å². The van der Waals surface area contributed by atoms with Crippen LogP contribution < -0.4 is 0 Å². The van der Waals surface area contributed by atoms with E-state index in [0.29, 0.717) is 10.4 Å². The lowest BCUT2D eigenvalue weighted by Gasteiger charge is -2.00. The Morgan fingerprint density at radius 2 is 2.06 bits per heavy atom. The van der Waals surface area contributed by atoms with E-state index in [9.17, 15) is 4.79 Å². The molecule has 1 aromatic carbocycles. The van der Waals surface area contributed by atoms with Crippen LogP contribution in [0.4, 0.5) is 0 Å². The summed E-state index contributed by atoms with van der Waals surface area (Å²) in [7, 11) is 0. The molecule has 0 aliphatic rings. The van der Waals surface area contributed by atoms with Gasteiger partial charge >= 0.3 is 0 Å². The average Bonchev–Trinajstić information content (AvgIpc) is 3.05. The first-order chi connectivity index (χ1) is 8.81. The lowest BCUT2D eigenvalue weighted by molar-refractivity contribution is 0.0969. The van der Waals surface area contributed by atoms with Crippen LogP contribution in [0.25, 0.3) is 10.9 Å². The first-order valence-electron chi connectivity index (χ1n) is 5.39. The Morgan fingerprint density at radius 3 is 2.78 bits per heavy atom. The number of aromatic nitrogens is 1. The van der Waals surface area contributed by atoms with Crippen LogP contribution >= 0.6 is 11.3 Å². The number of carbonyl (C=O) groups is 1. The van der Waals surface area contributed by atoms with Gasteiger partial charge in [-0.3, -0.25) is 9.36 Å². The number of rotatable bonds is 1. The van der Waals surface area contributed by atoms with Crippen molar-refractivity contribution in [2.24, 2.45) is 0 Å². The van der Waals surface area contributed by atoms with E-state index in [1.807, 2.05) is 35.7 Å². The number of hydrogen-bond acceptors (Lipinski definition) is 3. The van der Waals surface area contributed by atoms with Gasteiger partial charge in [-0.1, -0.05) is 24.3 Å². The van der Waals surface area contributed by atoms with Crippen LogP contribution in [-0.2, 0) is 0 Å². The minimum atomic E-state index is -0.0947. The minimum absolute atomic E-state index is 0.0947. The van der Waals surface area contributed by atoms with Gasteiger partial charge < -0.3 is 0 Å². The van der Waals surface area contributed by atoms with Crippen molar-refractivity contribution in [3.8, 4) is 6.07 Å². The normalized spacial score (nSPS) is 10.4. The highest BCUT2D eigenvalue weighted by Gasteiger charge is 2.15. The van der Waals surface area contributed by atoms with Gasteiger partial charge in [0.1, 0.15) is 6.07 Å². The van der Waals surface area contributed by atoms with Crippen molar-refractivity contribution in [1.82, 2.24) is 4.57 Å². The van der Waals surface area contributed by atoms with E-state index in [0.717, 1.165) is 10.9 Å². The largest absolute Gasteiger partial charge is 0.281 e. The molecule has 0 fully saturated rings. The second kappa shape index (κ2) is 4.13. The van der Waals surface area contributed by atoms with Crippen LogP contribution in [0.2, 0.25) is 0 Å². The lowest BCUT2D eigenvalue weighted by atomic mass is 10.2. The molecule has 0 aliphatic heterocycles. The third-order valence-corrected chi connectivity index (χ3v) is 3.64. The lowest BCUT2D eigenvalue weighted by Crippen LogP contribution is -2.08. The Kier molecular flexibility index (Phi) is 2.47. The Bertz CT molecular complexity index is 763. The van der Waals surface area contributed by atoms with Crippen LogP contribution in [0.15, 0.2) is 48.0 Å². The third kappa shape index (κ3) is 1.53. The van der Waals surface area contributed by atoms with Crippen molar-refractivity contribution in [2.45, 2.75) is 0 Å². The van der Waals surface area contributed by atoms with Gasteiger partial charge in [-0.25, -0.2) is 0 Å². The van der Waals surface area contributed by atoms with Gasteiger partial charge in [0.2, 0.25) is 0 Å². The summed E-state index contributed by atoms with van der Waals surface area (Å²) in [5.74, 6) is -0.0947. The van der Waals surface area contributed by atoms with Crippen LogP contribution in [-0.4, -0.2) is 10.5 Å². The van der Waals surface area contributed by atoms with Crippen molar-refractivity contribution in [3.63, 3.8) is 0 Å². The molecular weight excluding hydrogens is 244 g/mol. The van der Waals surface area contributed by atoms with Gasteiger partial charge in [-0.2, -0.15) is 5.26 Å². The second-order valence-corrected chi connectivity index (χ2v) is 4.77. The van der Waals surface area contributed by atoms with E-state index in [1.165, 1.54) is 11.3 Å². The molecule has 0 saturated heterocycles. The number of nitriles is 1. The molecule has 0 N–H and O–H groups in total. The van der Waals surface area contributed by atoms with Gasteiger partial charge in [0.15, 0.2) is 0 Å². The molecule has 0 radical (unpaired) electrons. The van der Waals surface area contributed by atoms with Gasteiger partial charge in [-0.15, -0.1) is 11.3 Å². The monoisotopic (exact) mass is 252 g/mol. The fourth-order valence-electron chi connectivity index (χ4n) is 1.96. The predicted molar refractivity (Wildman–Crippen MR) is 70.7 cm³/mol. The second-order valence-electron chi connectivity index (χ2n) is 3.82. The summed E-state index contributed by atoms with van der Waals surface area (Å²) in [6, 6.07) is 13.2. The molecule has 3 aromatic rings. The average molecular weight is 252 g/mol. The maximum Gasteiger partial charge on any atom is 0.272 e. The minimum Gasteiger partial charge on any atom is -0.281 e. The molecule has 2 heterocycles. The molecule has 0 bridgehead atoms. The Hall–Kier alpha value is -2.38. The smallest absolute Gasteiger partial charge is 0.272 e. The number of benzene rings is 1. The number of thiophene rings is 1. The molecule has 3 nitrogen and oxygen atoms in total. The summed E-state index contributed by atoms with van der Waals surface area (Å²) in [6.45, 7) is 0. The number of hydrogen-bond donors (Lipinski definition) is 0. The standard InChI is InChI=1S/C14H8N2OS/c15-8-10-9-16(12-5-2-1-4-11(10)12)14(17)13-6-3-7-18-13/h1-7,9H. The summed E-state index contributed by atoms with van der Waals surface area (Å²) in [5.41, 5.74) is 1.29. The summed E-state index contributed by atoms with van der Waals surface area (Å²) in [6.07, 6.45) is 1.60. The molecular formula is C14H8N2OS. The van der Waals surface area contributed by atoms with Crippen molar-refractivity contribution in [2.75, 3.05) is 0 Å². The highest BCUT2D eigenvalue weighted by molar-refractivity contribution is 7.12. The van der Waals surface area contributed by atoms with Crippen molar-refractivity contribution in [3.05, 3.63) is 58.4 Å². The topological polar surface area (TPSA) is 45.8 Å². The maximum atomic E-state index is 12.3. The number of nitrogens with zero attached hydrogens (tertiary/aromatic N) is 2. The molecule has 0 aliphatic carbocycles. The van der Waals surface area contributed by atoms with E-state index in [-0.39, 0.29) is 5.91 Å². The van der Waals surface area contributed by atoms with Gasteiger partial charge in [-0.05, 0) is 17.5 Å². The summed E-state index contributed by atoms with van der Waals surface area (Å²) in [5, 5.41) is 11.8. The molecule has 18 heavy (non-hydrogen) atoms. The Labute approximate surface area is 108 Å². The predicted octanol–water partition coefficient (Wildman–Crippen LogP) is 3.26. The maximum absolute atomic E-state index is 12.3. The Balaban J connectivity index is 2.25. The quantitative estimate of drug-likeness (QED) is 0.667. The summed E-state index contributed by atoms with van der Waals surface area (Å²) < 4.78 is 1.54. The first-order valence-corrected chi connectivity index (χ1v) is 6.27. The van der Waals surface area contributed by atoms with E-state index in [2.05, 4.69) is 6.07 Å². The molecule has 0 spiro atoms. The SMILES string of the molecule is N#Cc1cn(C(=O)c2cccs2)c2ccccc12. The van der Waals surface area contributed by atoms with Gasteiger partial charge in [0.25, 0.3) is 5.91 Å². The van der Waals surface area contributed by atoms with Crippen LogP contribution in [0.3, 0.4) is 0 Å². The fraction of sp³-hybridized carbons (Fsp3) is 0. The molecule has 0 atom stereocenters. The highest BCUT2D eigenvalue weighted by atomic mass is 32.1. The van der Waals surface area contributed by atoms with Crippen LogP contribution in [0, 0.1) is 11.3 Å². The molecule has 86 valence electrons. The van der Waals surface area contributed by atoms with E-state index in [4.69, 9.17) is 5.26 Å².